The lowest BCUT2D eigenvalue weighted by atomic mass is 9.96. The summed E-state index contributed by atoms with van der Waals surface area (Å²) in [5, 5.41) is 39.8. The Morgan fingerprint density at radius 3 is 2.38 bits per heavy atom. The molecular formula is C15H27NO10. The zero-order chi connectivity index (χ0) is 19.4. The Kier molecular flexibility index (Phi) is 7.70. The van der Waals surface area contributed by atoms with E-state index in [1.54, 1.807) is 0 Å². The number of esters is 1. The Labute approximate surface area is 150 Å². The van der Waals surface area contributed by atoms with E-state index in [9.17, 15) is 25.2 Å². The van der Waals surface area contributed by atoms with Crippen LogP contribution in [0.4, 0.5) is 0 Å². The van der Waals surface area contributed by atoms with Crippen molar-refractivity contribution >= 4 is 5.97 Å². The maximum atomic E-state index is 10.9. The molecule has 2 aliphatic heterocycles. The summed E-state index contributed by atoms with van der Waals surface area (Å²) >= 11 is 0. The Bertz CT molecular complexity index is 450. The van der Waals surface area contributed by atoms with Crippen LogP contribution in [0.1, 0.15) is 13.3 Å². The van der Waals surface area contributed by atoms with Crippen molar-refractivity contribution in [2.45, 2.75) is 68.6 Å². The predicted molar refractivity (Wildman–Crippen MR) is 83.5 cm³/mol. The van der Waals surface area contributed by atoms with Crippen molar-refractivity contribution in [1.82, 2.24) is 0 Å². The summed E-state index contributed by atoms with van der Waals surface area (Å²) in [5.74, 6) is -0.542. The van der Waals surface area contributed by atoms with Crippen molar-refractivity contribution in [3.63, 3.8) is 0 Å². The average molecular weight is 381 g/mol. The lowest BCUT2D eigenvalue weighted by Gasteiger charge is -2.45. The summed E-state index contributed by atoms with van der Waals surface area (Å²) in [6, 6.07) is -0.924. The number of hydrogen-bond donors (Lipinski definition) is 5. The molecule has 26 heavy (non-hydrogen) atoms. The van der Waals surface area contributed by atoms with Crippen LogP contribution in [-0.2, 0) is 28.5 Å². The highest BCUT2D eigenvalue weighted by molar-refractivity contribution is 5.65. The quantitative estimate of drug-likeness (QED) is 0.294. The van der Waals surface area contributed by atoms with E-state index in [1.165, 1.54) is 14.0 Å². The zero-order valence-electron chi connectivity index (χ0n) is 14.6. The Morgan fingerprint density at radius 2 is 1.81 bits per heavy atom. The minimum absolute atomic E-state index is 0.0811. The summed E-state index contributed by atoms with van der Waals surface area (Å²) in [4.78, 5) is 10.9. The molecule has 152 valence electrons. The van der Waals surface area contributed by atoms with Crippen LogP contribution < -0.4 is 5.73 Å². The second-order valence-corrected chi connectivity index (χ2v) is 6.35. The van der Waals surface area contributed by atoms with Crippen LogP contribution in [0.3, 0.4) is 0 Å². The summed E-state index contributed by atoms with van der Waals surface area (Å²) in [6.07, 6.45) is -8.79. The molecule has 6 N–H and O–H groups in total. The molecule has 11 nitrogen and oxygen atoms in total. The first-order chi connectivity index (χ1) is 12.3. The van der Waals surface area contributed by atoms with E-state index in [1.807, 2.05) is 0 Å². The molecular weight excluding hydrogens is 354 g/mol. The highest BCUT2D eigenvalue weighted by Gasteiger charge is 2.47. The van der Waals surface area contributed by atoms with E-state index >= 15 is 0 Å². The molecule has 0 amide bonds. The minimum Gasteiger partial charge on any atom is -0.463 e. The number of methoxy groups -OCH3 is 1. The van der Waals surface area contributed by atoms with E-state index in [4.69, 9.17) is 29.4 Å². The molecule has 0 aromatic rings. The second-order valence-electron chi connectivity index (χ2n) is 6.35. The van der Waals surface area contributed by atoms with Gasteiger partial charge in [0.2, 0.25) is 0 Å². The lowest BCUT2D eigenvalue weighted by Crippen LogP contribution is -2.65. The fraction of sp³-hybridized carbons (Fsp3) is 0.933. The number of hydrogen-bond acceptors (Lipinski definition) is 11. The van der Waals surface area contributed by atoms with E-state index < -0.39 is 67.8 Å². The second kappa shape index (κ2) is 9.35. The maximum absolute atomic E-state index is 10.9. The van der Waals surface area contributed by atoms with Gasteiger partial charge in [-0.05, 0) is 0 Å². The van der Waals surface area contributed by atoms with Gasteiger partial charge < -0.3 is 49.8 Å². The summed E-state index contributed by atoms with van der Waals surface area (Å²) in [7, 11) is 1.35. The van der Waals surface area contributed by atoms with Crippen LogP contribution in [0.5, 0.6) is 0 Å². The third kappa shape index (κ3) is 4.88. The molecule has 2 saturated heterocycles. The highest BCUT2D eigenvalue weighted by atomic mass is 16.7. The standard InChI is InChI=1S/C15H27NO10/c1-6(18)23-5-10-7(19)3-8(20)14(25-10)26-13-11(16)15(22-2)24-9(4-17)12(13)21/h7-15,17,19-21H,3-5,16H2,1-2H3/t7?,8-,9?,10?,11?,12?,13?,14?,15?/m0/s1. The van der Waals surface area contributed by atoms with Crippen molar-refractivity contribution < 1.29 is 48.9 Å². The molecule has 11 heteroatoms. The van der Waals surface area contributed by atoms with Gasteiger partial charge in [0.15, 0.2) is 12.6 Å². The fourth-order valence-corrected chi connectivity index (χ4v) is 2.96. The van der Waals surface area contributed by atoms with Gasteiger partial charge in [0, 0.05) is 20.5 Å². The molecule has 0 aromatic carbocycles. The van der Waals surface area contributed by atoms with E-state index in [-0.39, 0.29) is 13.0 Å². The Balaban J connectivity index is 2.06. The van der Waals surface area contributed by atoms with Crippen molar-refractivity contribution in [3.8, 4) is 0 Å². The number of aliphatic hydroxyl groups excluding tert-OH is 4. The molecule has 0 radical (unpaired) electrons. The third-order valence-corrected chi connectivity index (χ3v) is 4.41. The predicted octanol–water partition coefficient (Wildman–Crippen LogP) is -3.18. The van der Waals surface area contributed by atoms with Crippen LogP contribution in [0.2, 0.25) is 0 Å². The molecule has 0 spiro atoms. The molecule has 8 unspecified atom stereocenters. The summed E-state index contributed by atoms with van der Waals surface area (Å²) < 4.78 is 26.4. The van der Waals surface area contributed by atoms with Crippen LogP contribution in [0, 0.1) is 0 Å². The number of ether oxygens (including phenoxy) is 5. The van der Waals surface area contributed by atoms with Crippen LogP contribution in [0.25, 0.3) is 0 Å². The molecule has 9 atom stereocenters. The molecule has 2 aliphatic rings. The van der Waals surface area contributed by atoms with Gasteiger partial charge in [-0.15, -0.1) is 0 Å². The molecule has 2 heterocycles. The highest BCUT2D eigenvalue weighted by Crippen LogP contribution is 2.28. The van der Waals surface area contributed by atoms with Gasteiger partial charge >= 0.3 is 5.97 Å². The average Bonchev–Trinajstić information content (AvgIpc) is 2.59. The Morgan fingerprint density at radius 1 is 1.15 bits per heavy atom. The topological polar surface area (TPSA) is 170 Å². The number of carbonyl (C=O) groups excluding carboxylic acids is 1. The van der Waals surface area contributed by atoms with Crippen molar-refractivity contribution in [2.24, 2.45) is 5.73 Å². The van der Waals surface area contributed by atoms with Crippen molar-refractivity contribution in [1.29, 1.82) is 0 Å². The molecule has 0 bridgehead atoms. The number of aliphatic hydroxyl groups is 4. The first-order valence-electron chi connectivity index (χ1n) is 8.31. The molecule has 2 rings (SSSR count). The largest absolute Gasteiger partial charge is 0.463 e. The Hall–Kier alpha value is -0.890. The molecule has 0 aromatic heterocycles. The first-order valence-corrected chi connectivity index (χ1v) is 8.31. The van der Waals surface area contributed by atoms with Gasteiger partial charge in [-0.2, -0.15) is 0 Å². The normalized spacial score (nSPS) is 43.9. The summed E-state index contributed by atoms with van der Waals surface area (Å²) in [5.41, 5.74) is 5.99. The van der Waals surface area contributed by atoms with E-state index in [0.717, 1.165) is 0 Å². The number of carbonyl (C=O) groups is 1. The van der Waals surface area contributed by atoms with Gasteiger partial charge in [0.1, 0.15) is 37.1 Å². The van der Waals surface area contributed by atoms with Crippen LogP contribution in [-0.4, -0.2) is 102 Å². The molecule has 0 aliphatic carbocycles. The van der Waals surface area contributed by atoms with Gasteiger partial charge in [-0.1, -0.05) is 0 Å². The third-order valence-electron chi connectivity index (χ3n) is 4.41. The first kappa shape index (κ1) is 21.4. The van der Waals surface area contributed by atoms with E-state index in [0.29, 0.717) is 0 Å². The number of rotatable bonds is 6. The minimum atomic E-state index is -1.30. The van der Waals surface area contributed by atoms with Crippen molar-refractivity contribution in [2.75, 3.05) is 20.3 Å². The fourth-order valence-electron chi connectivity index (χ4n) is 2.96. The monoisotopic (exact) mass is 381 g/mol. The van der Waals surface area contributed by atoms with Crippen LogP contribution >= 0.6 is 0 Å². The smallest absolute Gasteiger partial charge is 0.302 e. The summed E-state index contributed by atoms with van der Waals surface area (Å²) in [6.45, 7) is 0.510. The van der Waals surface area contributed by atoms with Gasteiger partial charge in [0.25, 0.3) is 0 Å². The van der Waals surface area contributed by atoms with Crippen LogP contribution in [0.15, 0.2) is 0 Å². The molecule has 2 fully saturated rings. The van der Waals surface area contributed by atoms with Crippen molar-refractivity contribution in [3.05, 3.63) is 0 Å². The van der Waals surface area contributed by atoms with Gasteiger partial charge in [-0.3, -0.25) is 4.79 Å². The molecule has 0 saturated carbocycles. The number of nitrogens with two attached hydrogens (primary N) is 1. The van der Waals surface area contributed by atoms with Gasteiger partial charge in [0.05, 0.1) is 18.8 Å². The maximum Gasteiger partial charge on any atom is 0.302 e. The van der Waals surface area contributed by atoms with Gasteiger partial charge in [-0.25, -0.2) is 0 Å². The zero-order valence-corrected chi connectivity index (χ0v) is 14.6. The lowest BCUT2D eigenvalue weighted by molar-refractivity contribution is -0.326. The van der Waals surface area contributed by atoms with E-state index in [2.05, 4.69) is 0 Å². The SMILES string of the molecule is COC1OC(CO)C(O)C(OC2OC(COC(C)=O)C(O)C[C@@H]2O)C1N.